The highest BCUT2D eigenvalue weighted by Crippen LogP contribution is 2.39. The highest BCUT2D eigenvalue weighted by Gasteiger charge is 2.33. The Morgan fingerprint density at radius 3 is 2.00 bits per heavy atom. The summed E-state index contributed by atoms with van der Waals surface area (Å²) >= 11 is 1.44. The van der Waals surface area contributed by atoms with Gasteiger partial charge in [-0.2, -0.15) is 13.2 Å². The van der Waals surface area contributed by atoms with Crippen LogP contribution in [-0.2, 0) is 6.18 Å². The highest BCUT2D eigenvalue weighted by atomic mass is 32.2. The number of hydrogen-bond donors (Lipinski definition) is 0. The molecule has 2 aromatic carbocycles. The third kappa shape index (κ3) is 2.53. The fourth-order valence-corrected chi connectivity index (χ4v) is 2.44. The first-order valence-electron chi connectivity index (χ1n) is 5.33. The van der Waals surface area contributed by atoms with Crippen LogP contribution in [0, 0.1) is 0 Å². The second-order valence-corrected chi connectivity index (χ2v) is 4.59. The van der Waals surface area contributed by atoms with Crippen molar-refractivity contribution in [3.05, 3.63) is 54.1 Å². The molecule has 0 saturated heterocycles. The normalized spacial score (nSPS) is 11.6. The summed E-state index contributed by atoms with van der Waals surface area (Å²) in [5, 5.41) is 0. The Hall–Kier alpha value is -1.42. The van der Waals surface area contributed by atoms with Crippen LogP contribution in [0.1, 0.15) is 5.56 Å². The van der Waals surface area contributed by atoms with Gasteiger partial charge in [0, 0.05) is 4.90 Å². The second-order valence-electron chi connectivity index (χ2n) is 3.74. The quantitative estimate of drug-likeness (QED) is 0.683. The van der Waals surface area contributed by atoms with E-state index in [-0.39, 0.29) is 5.56 Å². The van der Waals surface area contributed by atoms with Gasteiger partial charge in [-0.25, -0.2) is 0 Å². The maximum atomic E-state index is 13.0. The molecule has 0 spiro atoms. The summed E-state index contributed by atoms with van der Waals surface area (Å²) < 4.78 is 38.9. The van der Waals surface area contributed by atoms with Crippen LogP contribution in [-0.4, -0.2) is 6.26 Å². The lowest BCUT2D eigenvalue weighted by Crippen LogP contribution is -2.07. The molecular formula is C14H11F3S. The zero-order chi connectivity index (χ0) is 13.2. The number of benzene rings is 2. The lowest BCUT2D eigenvalue weighted by atomic mass is 9.99. The molecule has 0 radical (unpaired) electrons. The van der Waals surface area contributed by atoms with Gasteiger partial charge in [-0.1, -0.05) is 36.4 Å². The standard InChI is InChI=1S/C14H11F3S/c1-18-13-9-5-3-7-11(13)10-6-2-4-8-12(10)14(15,16)17/h2-9H,1H3. The van der Waals surface area contributed by atoms with Crippen LogP contribution in [0.15, 0.2) is 53.4 Å². The van der Waals surface area contributed by atoms with E-state index >= 15 is 0 Å². The van der Waals surface area contributed by atoms with Crippen molar-refractivity contribution in [2.24, 2.45) is 0 Å². The van der Waals surface area contributed by atoms with Gasteiger partial charge in [0.2, 0.25) is 0 Å². The Labute approximate surface area is 108 Å². The van der Waals surface area contributed by atoms with Gasteiger partial charge in [0.25, 0.3) is 0 Å². The van der Waals surface area contributed by atoms with E-state index in [9.17, 15) is 13.2 Å². The maximum absolute atomic E-state index is 13.0. The Kier molecular flexibility index (Phi) is 3.66. The van der Waals surface area contributed by atoms with E-state index in [2.05, 4.69) is 0 Å². The molecule has 0 unspecified atom stereocenters. The summed E-state index contributed by atoms with van der Waals surface area (Å²) in [6.45, 7) is 0. The molecule has 0 fully saturated rings. The fraction of sp³-hybridized carbons (Fsp3) is 0.143. The van der Waals surface area contributed by atoms with Crippen molar-refractivity contribution in [2.75, 3.05) is 6.26 Å². The number of rotatable bonds is 2. The summed E-state index contributed by atoms with van der Waals surface area (Å²) in [6, 6.07) is 12.8. The van der Waals surface area contributed by atoms with Gasteiger partial charge in [0.05, 0.1) is 5.56 Å². The molecule has 0 aliphatic carbocycles. The molecule has 0 atom stereocenters. The SMILES string of the molecule is CSc1ccccc1-c1ccccc1C(F)(F)F. The molecule has 0 amide bonds. The molecule has 4 heteroatoms. The summed E-state index contributed by atoms with van der Waals surface area (Å²) in [6.07, 6.45) is -2.48. The summed E-state index contributed by atoms with van der Waals surface area (Å²) in [5.41, 5.74) is 0.263. The summed E-state index contributed by atoms with van der Waals surface area (Å²) in [4.78, 5) is 0.842. The van der Waals surface area contributed by atoms with Crippen LogP contribution in [0.25, 0.3) is 11.1 Å². The van der Waals surface area contributed by atoms with Crippen LogP contribution in [0.3, 0.4) is 0 Å². The molecule has 0 saturated carbocycles. The van der Waals surface area contributed by atoms with Crippen LogP contribution >= 0.6 is 11.8 Å². The number of alkyl halides is 3. The number of hydrogen-bond acceptors (Lipinski definition) is 1. The molecule has 2 aromatic rings. The van der Waals surface area contributed by atoms with Crippen molar-refractivity contribution in [2.45, 2.75) is 11.1 Å². The van der Waals surface area contributed by atoms with Crippen molar-refractivity contribution in [3.8, 4) is 11.1 Å². The van der Waals surface area contributed by atoms with Gasteiger partial charge >= 0.3 is 6.18 Å². The molecule has 94 valence electrons. The van der Waals surface area contributed by atoms with Crippen LogP contribution in [0.4, 0.5) is 13.2 Å². The molecule has 0 heterocycles. The Balaban J connectivity index is 2.65. The Morgan fingerprint density at radius 2 is 1.39 bits per heavy atom. The predicted molar refractivity (Wildman–Crippen MR) is 68.7 cm³/mol. The minimum atomic E-state index is -4.33. The summed E-state index contributed by atoms with van der Waals surface area (Å²) in [5.74, 6) is 0. The van der Waals surface area contributed by atoms with Crippen molar-refractivity contribution >= 4 is 11.8 Å². The third-order valence-corrected chi connectivity index (χ3v) is 3.43. The molecule has 0 aliphatic heterocycles. The minimum Gasteiger partial charge on any atom is -0.166 e. The first-order chi connectivity index (χ1) is 8.54. The number of halogens is 3. The van der Waals surface area contributed by atoms with E-state index in [1.54, 1.807) is 18.2 Å². The Morgan fingerprint density at radius 1 is 0.833 bits per heavy atom. The van der Waals surface area contributed by atoms with Gasteiger partial charge in [0.15, 0.2) is 0 Å². The average molecular weight is 268 g/mol. The zero-order valence-corrected chi connectivity index (χ0v) is 10.5. The van der Waals surface area contributed by atoms with Crippen molar-refractivity contribution in [1.82, 2.24) is 0 Å². The molecule has 18 heavy (non-hydrogen) atoms. The topological polar surface area (TPSA) is 0 Å². The van der Waals surface area contributed by atoms with E-state index in [1.165, 1.54) is 23.9 Å². The monoisotopic (exact) mass is 268 g/mol. The second kappa shape index (κ2) is 5.06. The van der Waals surface area contributed by atoms with Gasteiger partial charge < -0.3 is 0 Å². The lowest BCUT2D eigenvalue weighted by Gasteiger charge is -2.14. The smallest absolute Gasteiger partial charge is 0.166 e. The molecule has 0 aliphatic rings. The van der Waals surface area contributed by atoms with Gasteiger partial charge in [-0.15, -0.1) is 11.8 Å². The van der Waals surface area contributed by atoms with Gasteiger partial charge in [0.1, 0.15) is 0 Å². The molecule has 2 rings (SSSR count). The third-order valence-electron chi connectivity index (χ3n) is 2.63. The zero-order valence-electron chi connectivity index (χ0n) is 9.66. The van der Waals surface area contributed by atoms with Crippen molar-refractivity contribution < 1.29 is 13.2 Å². The van der Waals surface area contributed by atoms with E-state index in [4.69, 9.17) is 0 Å². The van der Waals surface area contributed by atoms with Crippen LogP contribution < -0.4 is 0 Å². The largest absolute Gasteiger partial charge is 0.417 e. The molecule has 0 bridgehead atoms. The van der Waals surface area contributed by atoms with E-state index in [0.29, 0.717) is 5.56 Å². The molecule has 0 aromatic heterocycles. The average Bonchev–Trinajstić information content (AvgIpc) is 2.37. The van der Waals surface area contributed by atoms with Gasteiger partial charge in [-0.05, 0) is 29.5 Å². The summed E-state index contributed by atoms with van der Waals surface area (Å²) in [7, 11) is 0. The minimum absolute atomic E-state index is 0.231. The molecule has 0 N–H and O–H groups in total. The van der Waals surface area contributed by atoms with Gasteiger partial charge in [-0.3, -0.25) is 0 Å². The Bertz CT molecular complexity index is 547. The highest BCUT2D eigenvalue weighted by molar-refractivity contribution is 7.98. The van der Waals surface area contributed by atoms with E-state index in [1.807, 2.05) is 18.4 Å². The molecular weight excluding hydrogens is 257 g/mol. The maximum Gasteiger partial charge on any atom is 0.417 e. The fourth-order valence-electron chi connectivity index (χ4n) is 1.83. The van der Waals surface area contributed by atoms with Crippen molar-refractivity contribution in [3.63, 3.8) is 0 Å². The van der Waals surface area contributed by atoms with E-state index in [0.717, 1.165) is 11.0 Å². The first kappa shape index (κ1) is 13.0. The van der Waals surface area contributed by atoms with Crippen LogP contribution in [0.5, 0.6) is 0 Å². The molecule has 0 nitrogen and oxygen atoms in total. The van der Waals surface area contributed by atoms with E-state index < -0.39 is 11.7 Å². The lowest BCUT2D eigenvalue weighted by molar-refractivity contribution is -0.137. The van der Waals surface area contributed by atoms with Crippen molar-refractivity contribution in [1.29, 1.82) is 0 Å². The predicted octanol–water partition coefficient (Wildman–Crippen LogP) is 5.09. The number of thioether (sulfide) groups is 1. The van der Waals surface area contributed by atoms with Crippen LogP contribution in [0.2, 0.25) is 0 Å². The first-order valence-corrected chi connectivity index (χ1v) is 6.56.